The van der Waals surface area contributed by atoms with E-state index in [1.54, 1.807) is 10.7 Å². The molecule has 1 N–H and O–H groups in total. The number of rotatable bonds is 4. The third kappa shape index (κ3) is 4.13. The molecule has 1 heterocycles. The lowest BCUT2D eigenvalue weighted by Crippen LogP contribution is -2.14. The van der Waals surface area contributed by atoms with E-state index in [1.165, 1.54) is 24.3 Å². The normalized spacial score (nSPS) is 10.8. The first-order valence-corrected chi connectivity index (χ1v) is 10.1. The highest BCUT2D eigenvalue weighted by atomic mass is 79.9. The molecule has 0 bridgehead atoms. The molecular weight excluding hydrogens is 471 g/mol. The van der Waals surface area contributed by atoms with Crippen LogP contribution in [-0.4, -0.2) is 20.7 Å². The minimum Gasteiger partial charge on any atom is -0.319 e. The fourth-order valence-electron chi connectivity index (χ4n) is 2.91. The van der Waals surface area contributed by atoms with Crippen LogP contribution in [0.2, 0.25) is 5.02 Å². The van der Waals surface area contributed by atoms with Crippen molar-refractivity contribution in [2.75, 3.05) is 5.32 Å². The van der Waals surface area contributed by atoms with Crippen molar-refractivity contribution < 1.29 is 9.18 Å². The summed E-state index contributed by atoms with van der Waals surface area (Å²) in [5, 5.41) is 7.72. The molecule has 5 nitrogen and oxygen atoms in total. The van der Waals surface area contributed by atoms with Gasteiger partial charge in [-0.05, 0) is 61.0 Å². The lowest BCUT2D eigenvalue weighted by atomic mass is 10.1. The Balaban J connectivity index is 1.79. The molecule has 1 aromatic heterocycles. The lowest BCUT2D eigenvalue weighted by molar-refractivity contribution is 0.101. The Morgan fingerprint density at radius 1 is 1.07 bits per heavy atom. The third-order valence-corrected chi connectivity index (χ3v) is 5.42. The highest BCUT2D eigenvalue weighted by Gasteiger charge is 2.20. The maximum Gasteiger partial charge on any atom is 0.295 e. The Labute approximate surface area is 185 Å². The van der Waals surface area contributed by atoms with E-state index in [2.05, 4.69) is 31.3 Å². The molecule has 0 spiro atoms. The van der Waals surface area contributed by atoms with Gasteiger partial charge in [0.05, 0.1) is 5.69 Å². The number of halogens is 3. The van der Waals surface area contributed by atoms with Crippen molar-refractivity contribution in [1.82, 2.24) is 14.8 Å². The minimum atomic E-state index is -0.501. The summed E-state index contributed by atoms with van der Waals surface area (Å²) in [6, 6.07) is 18.5. The lowest BCUT2D eigenvalue weighted by Gasteiger charge is -2.10. The van der Waals surface area contributed by atoms with Gasteiger partial charge in [-0.25, -0.2) is 14.1 Å². The zero-order chi connectivity index (χ0) is 21.3. The molecule has 150 valence electrons. The Morgan fingerprint density at radius 3 is 2.47 bits per heavy atom. The average Bonchev–Trinajstić information content (AvgIpc) is 3.17. The van der Waals surface area contributed by atoms with Crippen molar-refractivity contribution in [2.45, 2.75) is 6.92 Å². The molecule has 0 radical (unpaired) electrons. The standard InChI is InChI=1S/C22H15BrClFN4O/c1-13-18(24)3-2-4-19(13)29-21(14-5-7-15(23)8-6-14)27-20(28-29)22(30)26-17-11-9-16(25)10-12-17/h2-12H,1H3,(H,26,30). The number of benzene rings is 3. The summed E-state index contributed by atoms with van der Waals surface area (Å²) in [6.07, 6.45) is 0. The van der Waals surface area contributed by atoms with E-state index in [1.807, 2.05) is 43.3 Å². The maximum absolute atomic E-state index is 13.1. The number of carbonyl (C=O) groups excluding carboxylic acids is 1. The first kappa shape index (κ1) is 20.3. The molecule has 8 heteroatoms. The van der Waals surface area contributed by atoms with E-state index in [0.717, 1.165) is 15.6 Å². The van der Waals surface area contributed by atoms with Crippen LogP contribution >= 0.6 is 27.5 Å². The van der Waals surface area contributed by atoms with Crippen LogP contribution in [0.1, 0.15) is 16.2 Å². The SMILES string of the molecule is Cc1c(Cl)cccc1-n1nc(C(=O)Nc2ccc(F)cc2)nc1-c1ccc(Br)cc1. The topological polar surface area (TPSA) is 59.8 Å². The Morgan fingerprint density at radius 2 is 1.77 bits per heavy atom. The van der Waals surface area contributed by atoms with Gasteiger partial charge in [0.15, 0.2) is 5.82 Å². The predicted octanol–water partition coefficient (Wildman–Crippen LogP) is 6.05. The van der Waals surface area contributed by atoms with Crippen molar-refractivity contribution in [3.05, 3.63) is 93.4 Å². The smallest absolute Gasteiger partial charge is 0.295 e. The molecule has 3 aromatic carbocycles. The van der Waals surface area contributed by atoms with E-state index < -0.39 is 5.91 Å². The van der Waals surface area contributed by atoms with Crippen molar-refractivity contribution >= 4 is 39.1 Å². The van der Waals surface area contributed by atoms with Gasteiger partial charge in [0.25, 0.3) is 5.91 Å². The molecule has 0 unspecified atom stereocenters. The number of hydrogen-bond donors (Lipinski definition) is 1. The quantitative estimate of drug-likeness (QED) is 0.383. The van der Waals surface area contributed by atoms with E-state index in [-0.39, 0.29) is 11.6 Å². The van der Waals surface area contributed by atoms with E-state index in [0.29, 0.717) is 22.2 Å². The molecule has 0 saturated carbocycles. The average molecular weight is 486 g/mol. The zero-order valence-corrected chi connectivity index (χ0v) is 18.1. The molecule has 30 heavy (non-hydrogen) atoms. The van der Waals surface area contributed by atoms with Gasteiger partial charge < -0.3 is 5.32 Å². The number of anilines is 1. The van der Waals surface area contributed by atoms with Crippen LogP contribution in [-0.2, 0) is 0 Å². The molecule has 0 aliphatic heterocycles. The van der Waals surface area contributed by atoms with Crippen LogP contribution in [0.25, 0.3) is 17.1 Å². The number of aromatic nitrogens is 3. The maximum atomic E-state index is 13.1. The molecule has 0 saturated heterocycles. The molecule has 4 rings (SSSR count). The summed E-state index contributed by atoms with van der Waals surface area (Å²) in [6.45, 7) is 1.88. The number of nitrogens with zero attached hydrogens (tertiary/aromatic N) is 3. The van der Waals surface area contributed by atoms with Gasteiger partial charge >= 0.3 is 0 Å². The van der Waals surface area contributed by atoms with Gasteiger partial charge in [0.2, 0.25) is 5.82 Å². The van der Waals surface area contributed by atoms with Gasteiger partial charge in [-0.15, -0.1) is 5.10 Å². The molecule has 1 amide bonds. The van der Waals surface area contributed by atoms with E-state index >= 15 is 0 Å². The summed E-state index contributed by atoms with van der Waals surface area (Å²) in [7, 11) is 0. The predicted molar refractivity (Wildman–Crippen MR) is 119 cm³/mol. The second kappa shape index (κ2) is 8.38. The summed E-state index contributed by atoms with van der Waals surface area (Å²) >= 11 is 9.72. The third-order valence-electron chi connectivity index (χ3n) is 4.48. The Kier molecular flexibility index (Phi) is 5.65. The van der Waals surface area contributed by atoms with Crippen molar-refractivity contribution in [3.8, 4) is 17.1 Å². The highest BCUT2D eigenvalue weighted by molar-refractivity contribution is 9.10. The summed E-state index contributed by atoms with van der Waals surface area (Å²) in [4.78, 5) is 17.2. The minimum absolute atomic E-state index is 0.0170. The summed E-state index contributed by atoms with van der Waals surface area (Å²) < 4.78 is 15.6. The highest BCUT2D eigenvalue weighted by Crippen LogP contribution is 2.27. The van der Waals surface area contributed by atoms with Crippen molar-refractivity contribution in [3.63, 3.8) is 0 Å². The second-order valence-corrected chi connectivity index (χ2v) is 7.85. The number of nitrogens with one attached hydrogen (secondary N) is 1. The van der Waals surface area contributed by atoms with Crippen molar-refractivity contribution in [2.24, 2.45) is 0 Å². The number of amides is 1. The first-order chi connectivity index (χ1) is 14.4. The van der Waals surface area contributed by atoms with Gasteiger partial charge in [-0.3, -0.25) is 4.79 Å². The van der Waals surface area contributed by atoms with Crippen LogP contribution in [0.5, 0.6) is 0 Å². The van der Waals surface area contributed by atoms with Crippen LogP contribution in [0, 0.1) is 12.7 Å². The molecule has 0 aliphatic carbocycles. The molecule has 0 atom stereocenters. The van der Waals surface area contributed by atoms with Gasteiger partial charge in [-0.1, -0.05) is 45.7 Å². The largest absolute Gasteiger partial charge is 0.319 e. The van der Waals surface area contributed by atoms with Crippen LogP contribution in [0.15, 0.2) is 71.2 Å². The van der Waals surface area contributed by atoms with E-state index in [9.17, 15) is 9.18 Å². The van der Waals surface area contributed by atoms with Crippen molar-refractivity contribution in [1.29, 1.82) is 0 Å². The number of carbonyl (C=O) groups is 1. The monoisotopic (exact) mass is 484 g/mol. The Bertz CT molecular complexity index is 1220. The van der Waals surface area contributed by atoms with E-state index in [4.69, 9.17) is 11.6 Å². The molecule has 0 fully saturated rings. The zero-order valence-electron chi connectivity index (χ0n) is 15.7. The fraction of sp³-hybridized carbons (Fsp3) is 0.0455. The summed E-state index contributed by atoms with van der Waals surface area (Å²) in [5.41, 5.74) is 2.76. The second-order valence-electron chi connectivity index (χ2n) is 6.52. The van der Waals surface area contributed by atoms with Gasteiger partial charge in [0.1, 0.15) is 5.82 Å². The number of hydrogen-bond acceptors (Lipinski definition) is 3. The van der Waals surface area contributed by atoms with Gasteiger partial charge in [0, 0.05) is 20.7 Å². The summed E-state index contributed by atoms with van der Waals surface area (Å²) in [5.74, 6) is -0.406. The van der Waals surface area contributed by atoms with Crippen LogP contribution in [0.3, 0.4) is 0 Å². The molecular formula is C22H15BrClFN4O. The molecule has 0 aliphatic rings. The Hall–Kier alpha value is -3.03. The van der Waals surface area contributed by atoms with Crippen LogP contribution in [0.4, 0.5) is 10.1 Å². The fourth-order valence-corrected chi connectivity index (χ4v) is 3.34. The van der Waals surface area contributed by atoms with Gasteiger partial charge in [-0.2, -0.15) is 0 Å². The first-order valence-electron chi connectivity index (χ1n) is 8.98. The van der Waals surface area contributed by atoms with Crippen LogP contribution < -0.4 is 5.32 Å². The molecule has 4 aromatic rings.